The van der Waals surface area contributed by atoms with E-state index < -0.39 is 0 Å². The van der Waals surface area contributed by atoms with E-state index in [0.29, 0.717) is 5.92 Å². The Labute approximate surface area is 425 Å². The number of rotatable bonds is 11. The van der Waals surface area contributed by atoms with Crippen molar-refractivity contribution in [3.05, 3.63) is 265 Å². The highest BCUT2D eigenvalue weighted by molar-refractivity contribution is 5.96. The van der Waals surface area contributed by atoms with Gasteiger partial charge in [0.1, 0.15) is 0 Å². The molecule has 0 heterocycles. The molecule has 2 nitrogen and oxygen atoms in total. The van der Waals surface area contributed by atoms with Gasteiger partial charge < -0.3 is 9.80 Å². The van der Waals surface area contributed by atoms with Gasteiger partial charge in [0.05, 0.1) is 0 Å². The van der Waals surface area contributed by atoms with Crippen LogP contribution in [0.25, 0.3) is 55.6 Å². The zero-order chi connectivity index (χ0) is 48.2. The van der Waals surface area contributed by atoms with E-state index in [-0.39, 0.29) is 5.41 Å². The molecule has 3 unspecified atom stereocenters. The predicted octanol–water partition coefficient (Wildman–Crippen LogP) is 19.5. The number of nitrogens with zero attached hydrogens (tertiary/aromatic N) is 2. The fraction of sp³-hybridized carbons (Fsp3) is 0.143. The molecule has 72 heavy (non-hydrogen) atoms. The van der Waals surface area contributed by atoms with Crippen molar-refractivity contribution in [3.8, 4) is 55.6 Å². The molecule has 3 aliphatic carbocycles. The molecule has 0 saturated heterocycles. The lowest BCUT2D eigenvalue weighted by atomic mass is 9.82. The zero-order valence-corrected chi connectivity index (χ0v) is 41.1. The van der Waals surface area contributed by atoms with Crippen LogP contribution in [-0.4, -0.2) is 0 Å². The van der Waals surface area contributed by atoms with Crippen molar-refractivity contribution in [3.63, 3.8) is 0 Å². The largest absolute Gasteiger partial charge is 0.310 e. The van der Waals surface area contributed by atoms with E-state index in [1.807, 2.05) is 0 Å². The number of anilines is 6. The molecule has 0 amide bonds. The van der Waals surface area contributed by atoms with Crippen molar-refractivity contribution >= 4 is 34.1 Å². The van der Waals surface area contributed by atoms with Crippen LogP contribution in [0.1, 0.15) is 62.1 Å². The minimum atomic E-state index is -0.101. The van der Waals surface area contributed by atoms with Gasteiger partial charge in [-0.3, -0.25) is 0 Å². The van der Waals surface area contributed by atoms with Crippen LogP contribution in [0.15, 0.2) is 249 Å². The second-order valence-electron chi connectivity index (χ2n) is 20.9. The standard InChI is InChI=1S/C70H58N2/c1-70(2)67-29-17-15-27-59(67)60-42-41-58(45-68(60)70)71(54-23-11-5-12-24-54)56-37-33-51(34-38-56)65-46-64(50-21-9-4-10-22-50)66(47-63(65)49-19-7-3-8-20-49)52-35-39-57(40-36-52)72(55-25-13-6-14-26-55)69-30-18-16-28-61(69)62-44-48-31-32-53(62)43-48/h3-30,33-42,45-48,53,62H,31-32,43-44H2,1-2H3. The molecule has 2 bridgehead atoms. The molecule has 2 fully saturated rings. The summed E-state index contributed by atoms with van der Waals surface area (Å²) in [7, 11) is 0. The van der Waals surface area contributed by atoms with Crippen molar-refractivity contribution in [2.75, 3.05) is 9.80 Å². The highest BCUT2D eigenvalue weighted by atomic mass is 15.1. The van der Waals surface area contributed by atoms with E-state index in [1.54, 1.807) is 0 Å². The summed E-state index contributed by atoms with van der Waals surface area (Å²) in [6.45, 7) is 4.72. The monoisotopic (exact) mass is 926 g/mol. The summed E-state index contributed by atoms with van der Waals surface area (Å²) >= 11 is 0. The first-order valence-electron chi connectivity index (χ1n) is 26.0. The number of benzene rings is 10. The summed E-state index contributed by atoms with van der Waals surface area (Å²) in [6, 6.07) is 92.2. The Morgan fingerprint density at radius 1 is 0.333 bits per heavy atom. The van der Waals surface area contributed by atoms with Crippen molar-refractivity contribution in [1.82, 2.24) is 0 Å². The average Bonchev–Trinajstić information content (AvgIpc) is 4.15. The molecule has 2 saturated carbocycles. The first-order valence-corrected chi connectivity index (χ1v) is 26.0. The summed E-state index contributed by atoms with van der Waals surface area (Å²) in [6.07, 6.45) is 5.46. The van der Waals surface area contributed by atoms with Gasteiger partial charge in [-0.2, -0.15) is 0 Å². The van der Waals surface area contributed by atoms with Crippen LogP contribution in [0.2, 0.25) is 0 Å². The van der Waals surface area contributed by atoms with Gasteiger partial charge >= 0.3 is 0 Å². The molecule has 3 atom stereocenters. The lowest BCUT2D eigenvalue weighted by Crippen LogP contribution is -2.16. The van der Waals surface area contributed by atoms with Gasteiger partial charge in [0.25, 0.3) is 0 Å². The SMILES string of the molecule is CC1(C)c2ccccc2-c2ccc(N(c3ccccc3)c3ccc(-c4cc(-c5ccccc5)c(-c5ccc(N(c6ccccc6)c6ccccc6C6CC7CCC6C7)cc5)cc4-c4ccccc4)cc3)cc21. The van der Waals surface area contributed by atoms with Crippen LogP contribution in [0.3, 0.4) is 0 Å². The Kier molecular flexibility index (Phi) is 11.1. The molecule has 3 aliphatic rings. The van der Waals surface area contributed by atoms with Crippen molar-refractivity contribution in [1.29, 1.82) is 0 Å². The molecule has 0 aliphatic heterocycles. The molecule has 2 heteroatoms. The van der Waals surface area contributed by atoms with Gasteiger partial charge in [-0.1, -0.05) is 190 Å². The Balaban J connectivity index is 0.913. The maximum absolute atomic E-state index is 2.49. The Morgan fingerprint density at radius 3 is 1.33 bits per heavy atom. The maximum atomic E-state index is 2.49. The molecule has 13 rings (SSSR count). The highest BCUT2D eigenvalue weighted by Gasteiger charge is 2.41. The van der Waals surface area contributed by atoms with E-state index in [2.05, 4.69) is 272 Å². The third kappa shape index (κ3) is 7.74. The number of hydrogen-bond donors (Lipinski definition) is 0. The van der Waals surface area contributed by atoms with Gasteiger partial charge in [0, 0.05) is 39.5 Å². The van der Waals surface area contributed by atoms with Crippen LogP contribution < -0.4 is 9.80 Å². The molecular formula is C70H58N2. The third-order valence-electron chi connectivity index (χ3n) is 16.4. The minimum Gasteiger partial charge on any atom is -0.310 e. The summed E-state index contributed by atoms with van der Waals surface area (Å²) in [5, 5.41) is 0. The zero-order valence-electron chi connectivity index (χ0n) is 41.1. The van der Waals surface area contributed by atoms with E-state index >= 15 is 0 Å². The molecule has 10 aromatic rings. The van der Waals surface area contributed by atoms with Gasteiger partial charge in [-0.05, 0) is 188 Å². The molecular weight excluding hydrogens is 869 g/mol. The molecule has 0 radical (unpaired) electrons. The smallest absolute Gasteiger partial charge is 0.0496 e. The lowest BCUT2D eigenvalue weighted by Gasteiger charge is -2.32. The second kappa shape index (κ2) is 18.2. The van der Waals surface area contributed by atoms with E-state index in [9.17, 15) is 0 Å². The van der Waals surface area contributed by atoms with Gasteiger partial charge in [0.2, 0.25) is 0 Å². The van der Waals surface area contributed by atoms with Crippen LogP contribution in [0, 0.1) is 11.8 Å². The topological polar surface area (TPSA) is 6.48 Å². The summed E-state index contributed by atoms with van der Waals surface area (Å²) in [4.78, 5) is 4.90. The van der Waals surface area contributed by atoms with E-state index in [4.69, 9.17) is 0 Å². The second-order valence-corrected chi connectivity index (χ2v) is 20.9. The first-order chi connectivity index (χ1) is 35.5. The summed E-state index contributed by atoms with van der Waals surface area (Å²) in [5.74, 6) is 2.28. The molecule has 0 aromatic heterocycles. The summed E-state index contributed by atoms with van der Waals surface area (Å²) < 4.78 is 0. The van der Waals surface area contributed by atoms with Gasteiger partial charge in [-0.15, -0.1) is 0 Å². The van der Waals surface area contributed by atoms with Crippen molar-refractivity contribution < 1.29 is 0 Å². The number of hydrogen-bond acceptors (Lipinski definition) is 2. The van der Waals surface area contributed by atoms with Crippen molar-refractivity contribution in [2.24, 2.45) is 11.8 Å². The van der Waals surface area contributed by atoms with Crippen LogP contribution in [0.4, 0.5) is 34.1 Å². The maximum Gasteiger partial charge on any atom is 0.0496 e. The summed E-state index contributed by atoms with van der Waals surface area (Å²) in [5.41, 5.74) is 23.4. The van der Waals surface area contributed by atoms with E-state index in [0.717, 1.165) is 28.9 Å². The van der Waals surface area contributed by atoms with Crippen LogP contribution >= 0.6 is 0 Å². The average molecular weight is 927 g/mol. The normalized spacial score (nSPS) is 17.1. The number of para-hydroxylation sites is 3. The number of fused-ring (bicyclic) bond motifs is 5. The van der Waals surface area contributed by atoms with Crippen LogP contribution in [-0.2, 0) is 5.41 Å². The van der Waals surface area contributed by atoms with E-state index in [1.165, 1.54) is 115 Å². The Morgan fingerprint density at radius 2 is 0.778 bits per heavy atom. The third-order valence-corrected chi connectivity index (χ3v) is 16.4. The predicted molar refractivity (Wildman–Crippen MR) is 303 cm³/mol. The van der Waals surface area contributed by atoms with Gasteiger partial charge in [-0.25, -0.2) is 0 Å². The fourth-order valence-corrected chi connectivity index (χ4v) is 12.9. The quantitative estimate of drug-likeness (QED) is 0.128. The Bertz CT molecular complexity index is 3540. The van der Waals surface area contributed by atoms with Crippen LogP contribution in [0.5, 0.6) is 0 Å². The molecule has 0 N–H and O–H groups in total. The lowest BCUT2D eigenvalue weighted by molar-refractivity contribution is 0.420. The molecule has 10 aromatic carbocycles. The minimum absolute atomic E-state index is 0.101. The molecule has 0 spiro atoms. The van der Waals surface area contributed by atoms with Gasteiger partial charge in [0.15, 0.2) is 0 Å². The first kappa shape index (κ1) is 43.8. The Hall–Kier alpha value is -8.20. The van der Waals surface area contributed by atoms with Crippen molar-refractivity contribution in [2.45, 2.75) is 50.9 Å². The fourth-order valence-electron chi connectivity index (χ4n) is 12.9. The highest BCUT2D eigenvalue weighted by Crippen LogP contribution is 2.56. The molecule has 348 valence electrons.